The lowest BCUT2D eigenvalue weighted by molar-refractivity contribution is 0.103. The van der Waals surface area contributed by atoms with Crippen molar-refractivity contribution in [3.05, 3.63) is 99.5 Å². The van der Waals surface area contributed by atoms with E-state index in [1.807, 2.05) is 24.3 Å². The van der Waals surface area contributed by atoms with Crippen LogP contribution in [0.1, 0.15) is 21.5 Å². The molecule has 0 bridgehead atoms. The van der Waals surface area contributed by atoms with E-state index in [4.69, 9.17) is 27.9 Å². The fraction of sp³-hybridized carbons (Fsp3) is 0.0500. The Morgan fingerprint density at radius 3 is 1.71 bits per heavy atom. The van der Waals surface area contributed by atoms with Crippen molar-refractivity contribution in [2.24, 2.45) is 0 Å². The number of rotatable bonds is 5. The zero-order chi connectivity index (χ0) is 16.9. The number of ether oxygens (including phenoxy) is 1. The normalized spacial score (nSPS) is 10.4. The molecule has 0 heterocycles. The lowest BCUT2D eigenvalue weighted by atomic mass is 10.0. The number of halogens is 2. The number of ketones is 1. The highest BCUT2D eigenvalue weighted by molar-refractivity contribution is 6.31. The zero-order valence-corrected chi connectivity index (χ0v) is 14.2. The number of hydrogen-bond donors (Lipinski definition) is 0. The molecule has 120 valence electrons. The zero-order valence-electron chi connectivity index (χ0n) is 12.7. The third kappa shape index (κ3) is 4.16. The van der Waals surface area contributed by atoms with Crippen molar-refractivity contribution >= 4 is 29.0 Å². The molecule has 0 N–H and O–H groups in total. The average molecular weight is 357 g/mol. The van der Waals surface area contributed by atoms with Crippen LogP contribution in [-0.2, 0) is 6.61 Å². The summed E-state index contributed by atoms with van der Waals surface area (Å²) in [5.74, 6) is 0.661. The van der Waals surface area contributed by atoms with Gasteiger partial charge < -0.3 is 4.74 Å². The summed E-state index contributed by atoms with van der Waals surface area (Å²) in [6.45, 7) is 0.446. The first-order chi connectivity index (χ1) is 11.6. The van der Waals surface area contributed by atoms with E-state index in [9.17, 15) is 4.79 Å². The Hall–Kier alpha value is -2.29. The summed E-state index contributed by atoms with van der Waals surface area (Å²) in [6.07, 6.45) is 0. The summed E-state index contributed by atoms with van der Waals surface area (Å²) >= 11 is 11.7. The van der Waals surface area contributed by atoms with Crippen LogP contribution in [0.5, 0.6) is 5.75 Å². The Morgan fingerprint density at radius 1 is 0.708 bits per heavy atom. The van der Waals surface area contributed by atoms with Crippen LogP contribution < -0.4 is 4.74 Å². The van der Waals surface area contributed by atoms with Gasteiger partial charge in [0.1, 0.15) is 12.4 Å². The minimum absolute atomic E-state index is 0.0454. The van der Waals surface area contributed by atoms with Gasteiger partial charge in [-0.3, -0.25) is 4.79 Å². The lowest BCUT2D eigenvalue weighted by Crippen LogP contribution is -2.01. The van der Waals surface area contributed by atoms with Gasteiger partial charge in [0.15, 0.2) is 5.78 Å². The molecule has 0 aliphatic heterocycles. The van der Waals surface area contributed by atoms with Crippen LogP contribution in [0.3, 0.4) is 0 Å². The predicted octanol–water partition coefficient (Wildman–Crippen LogP) is 5.80. The van der Waals surface area contributed by atoms with Crippen LogP contribution in [0, 0.1) is 0 Å². The molecule has 0 unspecified atom stereocenters. The molecule has 2 nitrogen and oxygen atoms in total. The Labute approximate surface area is 150 Å². The van der Waals surface area contributed by atoms with Crippen molar-refractivity contribution in [3.8, 4) is 5.75 Å². The van der Waals surface area contributed by atoms with E-state index in [1.54, 1.807) is 48.5 Å². The third-order valence-electron chi connectivity index (χ3n) is 3.54. The smallest absolute Gasteiger partial charge is 0.193 e. The van der Waals surface area contributed by atoms with E-state index in [2.05, 4.69) is 0 Å². The van der Waals surface area contributed by atoms with Crippen LogP contribution in [0.2, 0.25) is 10.0 Å². The van der Waals surface area contributed by atoms with E-state index in [0.29, 0.717) is 33.5 Å². The van der Waals surface area contributed by atoms with Gasteiger partial charge >= 0.3 is 0 Å². The van der Waals surface area contributed by atoms with Gasteiger partial charge in [-0.1, -0.05) is 35.3 Å². The highest BCUT2D eigenvalue weighted by Gasteiger charge is 2.09. The molecule has 0 aliphatic rings. The maximum atomic E-state index is 12.4. The fourth-order valence-electron chi connectivity index (χ4n) is 2.22. The van der Waals surface area contributed by atoms with Gasteiger partial charge in [-0.2, -0.15) is 0 Å². The molecule has 0 fully saturated rings. The molecule has 0 saturated carbocycles. The van der Waals surface area contributed by atoms with Gasteiger partial charge in [0.2, 0.25) is 0 Å². The summed E-state index contributed by atoms with van der Waals surface area (Å²) < 4.78 is 5.72. The second kappa shape index (κ2) is 7.52. The van der Waals surface area contributed by atoms with Gasteiger partial charge in [-0.25, -0.2) is 0 Å². The van der Waals surface area contributed by atoms with Crippen molar-refractivity contribution in [2.45, 2.75) is 6.61 Å². The molecule has 0 saturated heterocycles. The van der Waals surface area contributed by atoms with Crippen molar-refractivity contribution in [2.75, 3.05) is 0 Å². The summed E-state index contributed by atoms with van der Waals surface area (Å²) in [5.41, 5.74) is 2.24. The van der Waals surface area contributed by atoms with Gasteiger partial charge in [0.25, 0.3) is 0 Å². The Morgan fingerprint density at radius 2 is 1.17 bits per heavy atom. The minimum Gasteiger partial charge on any atom is -0.489 e. The second-order valence-electron chi connectivity index (χ2n) is 5.28. The quantitative estimate of drug-likeness (QED) is 0.539. The average Bonchev–Trinajstić information content (AvgIpc) is 2.62. The Kier molecular flexibility index (Phi) is 5.19. The summed E-state index contributed by atoms with van der Waals surface area (Å²) in [4.78, 5) is 12.4. The minimum atomic E-state index is -0.0454. The molecule has 4 heteroatoms. The molecule has 0 aliphatic carbocycles. The van der Waals surface area contributed by atoms with Gasteiger partial charge in [-0.05, 0) is 66.2 Å². The highest BCUT2D eigenvalue weighted by atomic mass is 35.5. The molecule has 3 rings (SSSR count). The monoisotopic (exact) mass is 356 g/mol. The molecular weight excluding hydrogens is 343 g/mol. The number of hydrogen-bond acceptors (Lipinski definition) is 2. The van der Waals surface area contributed by atoms with Gasteiger partial charge in [-0.15, -0.1) is 0 Å². The van der Waals surface area contributed by atoms with E-state index in [0.717, 1.165) is 5.56 Å². The fourth-order valence-corrected chi connectivity index (χ4v) is 2.47. The highest BCUT2D eigenvalue weighted by Crippen LogP contribution is 2.18. The number of benzene rings is 3. The molecule has 0 radical (unpaired) electrons. The van der Waals surface area contributed by atoms with Crippen LogP contribution >= 0.6 is 23.2 Å². The topological polar surface area (TPSA) is 26.3 Å². The molecule has 0 amide bonds. The van der Waals surface area contributed by atoms with E-state index in [1.165, 1.54) is 0 Å². The molecule has 0 aromatic heterocycles. The lowest BCUT2D eigenvalue weighted by Gasteiger charge is -2.07. The van der Waals surface area contributed by atoms with Crippen molar-refractivity contribution in [1.29, 1.82) is 0 Å². The summed E-state index contributed by atoms with van der Waals surface area (Å²) in [6, 6.07) is 21.4. The second-order valence-corrected chi connectivity index (χ2v) is 6.15. The van der Waals surface area contributed by atoms with Crippen LogP contribution in [-0.4, -0.2) is 5.78 Å². The van der Waals surface area contributed by atoms with Crippen LogP contribution in [0.25, 0.3) is 0 Å². The van der Waals surface area contributed by atoms with Crippen LogP contribution in [0.4, 0.5) is 0 Å². The SMILES string of the molecule is O=C(c1ccc(Cl)cc1)c1ccc(OCc2ccc(Cl)cc2)cc1. The van der Waals surface area contributed by atoms with E-state index < -0.39 is 0 Å². The number of carbonyl (C=O) groups excluding carboxylic acids is 1. The van der Waals surface area contributed by atoms with Crippen molar-refractivity contribution in [3.63, 3.8) is 0 Å². The first kappa shape index (κ1) is 16.6. The Bertz CT molecular complexity index is 823. The standard InChI is InChI=1S/C20H14Cl2O2/c21-17-7-1-14(2-8-17)13-24-19-11-5-16(6-12-19)20(23)15-3-9-18(22)10-4-15/h1-12H,13H2. The van der Waals surface area contributed by atoms with Gasteiger partial charge in [0.05, 0.1) is 0 Å². The molecule has 0 atom stereocenters. The number of carbonyl (C=O) groups is 1. The third-order valence-corrected chi connectivity index (χ3v) is 4.05. The molecule has 3 aromatic carbocycles. The largest absolute Gasteiger partial charge is 0.489 e. The molecule has 24 heavy (non-hydrogen) atoms. The van der Waals surface area contributed by atoms with Crippen LogP contribution in [0.15, 0.2) is 72.8 Å². The Balaban J connectivity index is 1.65. The summed E-state index contributed by atoms with van der Waals surface area (Å²) in [5, 5.41) is 1.31. The van der Waals surface area contributed by atoms with Gasteiger partial charge in [0, 0.05) is 21.2 Å². The molecule has 3 aromatic rings. The van der Waals surface area contributed by atoms with E-state index >= 15 is 0 Å². The van der Waals surface area contributed by atoms with Crippen molar-refractivity contribution < 1.29 is 9.53 Å². The molecular formula is C20H14Cl2O2. The van der Waals surface area contributed by atoms with E-state index in [-0.39, 0.29) is 5.78 Å². The van der Waals surface area contributed by atoms with Crippen molar-refractivity contribution in [1.82, 2.24) is 0 Å². The summed E-state index contributed by atoms with van der Waals surface area (Å²) in [7, 11) is 0. The maximum absolute atomic E-state index is 12.4. The first-order valence-corrected chi connectivity index (χ1v) is 8.15. The predicted molar refractivity (Wildman–Crippen MR) is 97.1 cm³/mol. The first-order valence-electron chi connectivity index (χ1n) is 7.39. The molecule has 0 spiro atoms. The maximum Gasteiger partial charge on any atom is 0.193 e.